The third kappa shape index (κ3) is 3.73. The summed E-state index contributed by atoms with van der Waals surface area (Å²) in [5.41, 5.74) is 1.77. The number of carbonyl (C=O) groups is 3. The van der Waals surface area contributed by atoms with Gasteiger partial charge in [0.05, 0.1) is 18.7 Å². The predicted molar refractivity (Wildman–Crippen MR) is 107 cm³/mol. The average molecular weight is 395 g/mol. The van der Waals surface area contributed by atoms with Crippen LogP contribution in [0.2, 0.25) is 0 Å². The molecule has 0 saturated carbocycles. The highest BCUT2D eigenvalue weighted by atomic mass is 16.5. The zero-order valence-electron chi connectivity index (χ0n) is 16.1. The predicted octanol–water partition coefficient (Wildman–Crippen LogP) is 2.41. The highest BCUT2D eigenvalue weighted by Crippen LogP contribution is 2.33. The molecule has 2 aromatic rings. The van der Waals surface area contributed by atoms with E-state index in [1.54, 1.807) is 61.4 Å². The largest absolute Gasteiger partial charge is 0.497 e. The smallest absolute Gasteiger partial charge is 0.265 e. The molecule has 2 unspecified atom stereocenters. The maximum Gasteiger partial charge on any atom is 0.265 e. The van der Waals surface area contributed by atoms with E-state index >= 15 is 0 Å². The van der Waals surface area contributed by atoms with Crippen LogP contribution < -0.4 is 25.0 Å². The molecule has 2 N–H and O–H groups in total. The van der Waals surface area contributed by atoms with Crippen LogP contribution in [0.4, 0.5) is 17.1 Å². The van der Waals surface area contributed by atoms with Crippen molar-refractivity contribution in [3.05, 3.63) is 42.5 Å². The van der Waals surface area contributed by atoms with Crippen LogP contribution in [0.1, 0.15) is 13.3 Å². The summed E-state index contributed by atoms with van der Waals surface area (Å²) >= 11 is 0. The van der Waals surface area contributed by atoms with Gasteiger partial charge in [0.2, 0.25) is 11.8 Å². The number of anilines is 3. The van der Waals surface area contributed by atoms with Gasteiger partial charge in [-0.15, -0.1) is 0 Å². The first-order valence-corrected chi connectivity index (χ1v) is 9.31. The summed E-state index contributed by atoms with van der Waals surface area (Å²) in [4.78, 5) is 38.5. The number of ether oxygens (including phenoxy) is 2. The molecule has 1 saturated heterocycles. The quantitative estimate of drug-likeness (QED) is 0.829. The van der Waals surface area contributed by atoms with Crippen molar-refractivity contribution in [1.29, 1.82) is 0 Å². The van der Waals surface area contributed by atoms with Crippen molar-refractivity contribution in [2.45, 2.75) is 19.4 Å². The second kappa shape index (κ2) is 7.46. The number of methoxy groups -OCH3 is 1. The highest BCUT2D eigenvalue weighted by Gasteiger charge is 2.35. The van der Waals surface area contributed by atoms with Gasteiger partial charge in [-0.05, 0) is 49.4 Å². The third-order valence-corrected chi connectivity index (χ3v) is 5.06. The monoisotopic (exact) mass is 395 g/mol. The minimum Gasteiger partial charge on any atom is -0.497 e. The molecule has 2 heterocycles. The molecule has 0 aliphatic carbocycles. The molecule has 0 radical (unpaired) electrons. The Balaban J connectivity index is 1.43. The molecule has 150 valence electrons. The fourth-order valence-electron chi connectivity index (χ4n) is 3.43. The van der Waals surface area contributed by atoms with Crippen molar-refractivity contribution >= 4 is 34.8 Å². The number of rotatable bonds is 4. The molecule has 0 aromatic heterocycles. The van der Waals surface area contributed by atoms with Gasteiger partial charge >= 0.3 is 0 Å². The zero-order valence-corrected chi connectivity index (χ0v) is 16.1. The van der Waals surface area contributed by atoms with Crippen molar-refractivity contribution in [3.63, 3.8) is 0 Å². The summed E-state index contributed by atoms with van der Waals surface area (Å²) in [5, 5.41) is 5.58. The number of nitrogens with one attached hydrogen (secondary N) is 2. The summed E-state index contributed by atoms with van der Waals surface area (Å²) in [6.45, 7) is 1.97. The maximum atomic E-state index is 12.7. The Labute approximate surface area is 167 Å². The molecule has 3 amide bonds. The Hall–Kier alpha value is -3.55. The molecule has 1 fully saturated rings. The van der Waals surface area contributed by atoms with Crippen LogP contribution in [0.3, 0.4) is 0 Å². The van der Waals surface area contributed by atoms with Gasteiger partial charge < -0.3 is 25.0 Å². The van der Waals surface area contributed by atoms with Crippen molar-refractivity contribution < 1.29 is 23.9 Å². The van der Waals surface area contributed by atoms with Crippen LogP contribution in [0, 0.1) is 5.92 Å². The first-order chi connectivity index (χ1) is 13.9. The van der Waals surface area contributed by atoms with Gasteiger partial charge in [0, 0.05) is 24.3 Å². The Morgan fingerprint density at radius 2 is 1.97 bits per heavy atom. The maximum absolute atomic E-state index is 12.7. The molecule has 4 rings (SSSR count). The Bertz CT molecular complexity index is 973. The number of nitrogens with zero attached hydrogens (tertiary/aromatic N) is 1. The fourth-order valence-corrected chi connectivity index (χ4v) is 3.43. The lowest BCUT2D eigenvalue weighted by molar-refractivity contribution is -0.122. The van der Waals surface area contributed by atoms with E-state index < -0.39 is 12.0 Å². The Morgan fingerprint density at radius 1 is 1.21 bits per heavy atom. The van der Waals surface area contributed by atoms with Crippen LogP contribution >= 0.6 is 0 Å². The average Bonchev–Trinajstić information content (AvgIpc) is 3.11. The molecule has 2 aliphatic rings. The van der Waals surface area contributed by atoms with E-state index in [0.29, 0.717) is 29.4 Å². The Kier molecular flexibility index (Phi) is 4.84. The van der Waals surface area contributed by atoms with E-state index in [-0.39, 0.29) is 24.1 Å². The summed E-state index contributed by atoms with van der Waals surface area (Å²) in [6, 6.07) is 12.2. The van der Waals surface area contributed by atoms with Gasteiger partial charge in [0.15, 0.2) is 6.10 Å². The molecule has 2 atom stereocenters. The lowest BCUT2D eigenvalue weighted by Gasteiger charge is -2.24. The van der Waals surface area contributed by atoms with E-state index in [0.717, 1.165) is 5.69 Å². The lowest BCUT2D eigenvalue weighted by Crippen LogP contribution is -2.34. The number of fused-ring (bicyclic) bond motifs is 1. The van der Waals surface area contributed by atoms with Crippen molar-refractivity contribution in [2.24, 2.45) is 5.92 Å². The summed E-state index contributed by atoms with van der Waals surface area (Å²) in [6.07, 6.45) is -0.420. The number of carbonyl (C=O) groups excluding carboxylic acids is 3. The second-order valence-corrected chi connectivity index (χ2v) is 7.05. The minimum atomic E-state index is -0.559. The van der Waals surface area contributed by atoms with Gasteiger partial charge in [0.25, 0.3) is 5.91 Å². The van der Waals surface area contributed by atoms with Crippen LogP contribution in [-0.2, 0) is 14.4 Å². The van der Waals surface area contributed by atoms with E-state index in [1.807, 2.05) is 0 Å². The zero-order chi connectivity index (χ0) is 20.5. The van der Waals surface area contributed by atoms with Crippen molar-refractivity contribution in [2.75, 3.05) is 29.2 Å². The van der Waals surface area contributed by atoms with Crippen LogP contribution in [0.5, 0.6) is 11.5 Å². The highest BCUT2D eigenvalue weighted by molar-refractivity contribution is 6.04. The standard InChI is InChI=1S/C21H21N3O5/c1-12-20(26)23-17-10-14(3-8-18(17)29-12)22-21(27)13-9-19(25)24(11-13)15-4-6-16(28-2)7-5-15/h3-8,10,12-13H,9,11H2,1-2H3,(H,22,27)(H,23,26). The SMILES string of the molecule is COc1ccc(N2CC(C(=O)Nc3ccc4c(c3)NC(=O)C(C)O4)CC2=O)cc1. The van der Waals surface area contributed by atoms with Gasteiger partial charge in [-0.25, -0.2) is 0 Å². The topological polar surface area (TPSA) is 97.0 Å². The van der Waals surface area contributed by atoms with Crippen LogP contribution in [0.15, 0.2) is 42.5 Å². The molecule has 2 aliphatic heterocycles. The third-order valence-electron chi connectivity index (χ3n) is 5.06. The molecule has 29 heavy (non-hydrogen) atoms. The Morgan fingerprint density at radius 3 is 2.69 bits per heavy atom. The molecular weight excluding hydrogens is 374 g/mol. The summed E-state index contributed by atoms with van der Waals surface area (Å²) in [5.74, 6) is 0.203. The van der Waals surface area contributed by atoms with Gasteiger partial charge in [-0.2, -0.15) is 0 Å². The van der Waals surface area contributed by atoms with Crippen molar-refractivity contribution in [1.82, 2.24) is 0 Å². The lowest BCUT2D eigenvalue weighted by atomic mass is 10.1. The minimum absolute atomic E-state index is 0.101. The van der Waals surface area contributed by atoms with Gasteiger partial charge in [-0.1, -0.05) is 0 Å². The van der Waals surface area contributed by atoms with Crippen LogP contribution in [0.25, 0.3) is 0 Å². The first kappa shape index (κ1) is 18.8. The summed E-state index contributed by atoms with van der Waals surface area (Å²) in [7, 11) is 1.58. The molecule has 0 bridgehead atoms. The van der Waals surface area contributed by atoms with E-state index in [1.165, 1.54) is 0 Å². The second-order valence-electron chi connectivity index (χ2n) is 7.05. The molecular formula is C21H21N3O5. The van der Waals surface area contributed by atoms with E-state index in [9.17, 15) is 14.4 Å². The molecule has 8 nitrogen and oxygen atoms in total. The number of hydrogen-bond donors (Lipinski definition) is 2. The number of hydrogen-bond acceptors (Lipinski definition) is 5. The van der Waals surface area contributed by atoms with Gasteiger partial charge in [0.1, 0.15) is 11.5 Å². The normalized spacial score (nSPS) is 20.6. The number of benzene rings is 2. The van der Waals surface area contributed by atoms with Crippen LogP contribution in [-0.4, -0.2) is 37.5 Å². The van der Waals surface area contributed by atoms with E-state index in [2.05, 4.69) is 10.6 Å². The first-order valence-electron chi connectivity index (χ1n) is 9.31. The molecule has 0 spiro atoms. The molecule has 8 heteroatoms. The summed E-state index contributed by atoms with van der Waals surface area (Å²) < 4.78 is 10.6. The molecule has 2 aromatic carbocycles. The fraction of sp³-hybridized carbons (Fsp3) is 0.286. The van der Waals surface area contributed by atoms with Crippen molar-refractivity contribution in [3.8, 4) is 11.5 Å². The van der Waals surface area contributed by atoms with E-state index in [4.69, 9.17) is 9.47 Å². The van der Waals surface area contributed by atoms with Gasteiger partial charge in [-0.3, -0.25) is 14.4 Å². The number of amides is 3.